The standard InChI is InChI=1S/C21H18FIN6O5/c1-8-6-28-14-10(3-12-15(13(14)22)34-27-17(12)29-7-11(23)5-24-29)4-21(16(28)9(2)33-8)18(30)25-20(32)26-19(21)31/h3,5,7-9,16H,4,6H2,1-2H3,(H2,25,26,30,31,32)/t8-,9+,16-/m1/s1. The molecule has 3 aliphatic heterocycles. The molecule has 3 aromatic rings. The van der Waals surface area contributed by atoms with Crippen LogP contribution in [0.1, 0.15) is 19.4 Å². The number of ether oxygens (including phenoxy) is 1. The lowest BCUT2D eigenvalue weighted by Gasteiger charge is -2.55. The average Bonchev–Trinajstić information content (AvgIpc) is 3.37. The van der Waals surface area contributed by atoms with Gasteiger partial charge in [-0.3, -0.25) is 20.2 Å². The zero-order valence-electron chi connectivity index (χ0n) is 18.0. The number of halogens is 2. The fraction of sp³-hybridized carbons (Fsp3) is 0.381. The number of carbonyl (C=O) groups is 3. The molecule has 11 nitrogen and oxygen atoms in total. The summed E-state index contributed by atoms with van der Waals surface area (Å²) in [5, 5.41) is 13.0. The quantitative estimate of drug-likeness (QED) is 0.328. The van der Waals surface area contributed by atoms with Crippen LogP contribution >= 0.6 is 22.6 Å². The van der Waals surface area contributed by atoms with Crippen molar-refractivity contribution in [1.82, 2.24) is 25.6 Å². The molecule has 34 heavy (non-hydrogen) atoms. The van der Waals surface area contributed by atoms with Gasteiger partial charge in [0.25, 0.3) is 0 Å². The molecule has 2 saturated heterocycles. The van der Waals surface area contributed by atoms with Crippen LogP contribution in [0.15, 0.2) is 23.0 Å². The number of carbonyl (C=O) groups excluding carboxylic acids is 3. The number of hydrogen-bond donors (Lipinski definition) is 2. The molecule has 2 fully saturated rings. The molecule has 0 saturated carbocycles. The second-order valence-electron chi connectivity index (χ2n) is 8.82. The highest BCUT2D eigenvalue weighted by Crippen LogP contribution is 2.49. The number of rotatable bonds is 1. The van der Waals surface area contributed by atoms with Gasteiger partial charge in [-0.15, -0.1) is 0 Å². The molecule has 0 unspecified atom stereocenters. The minimum atomic E-state index is -1.70. The van der Waals surface area contributed by atoms with Gasteiger partial charge in [0, 0.05) is 19.2 Å². The summed E-state index contributed by atoms with van der Waals surface area (Å²) in [6, 6.07) is -0.0493. The second kappa shape index (κ2) is 7.21. The number of anilines is 1. The van der Waals surface area contributed by atoms with Crippen molar-refractivity contribution in [3.8, 4) is 5.82 Å². The molecule has 3 atom stereocenters. The normalized spacial score (nSPS) is 25.8. The Morgan fingerprint density at radius 3 is 2.65 bits per heavy atom. The van der Waals surface area contributed by atoms with E-state index in [1.165, 1.54) is 4.68 Å². The van der Waals surface area contributed by atoms with E-state index in [1.807, 2.05) is 6.92 Å². The molecule has 6 rings (SSSR count). The summed E-state index contributed by atoms with van der Waals surface area (Å²) in [5.41, 5.74) is -1.08. The van der Waals surface area contributed by atoms with E-state index in [-0.39, 0.29) is 36.2 Å². The molecule has 1 spiro atoms. The first-order chi connectivity index (χ1) is 16.2. The predicted molar refractivity (Wildman–Crippen MR) is 123 cm³/mol. The molecule has 0 aliphatic carbocycles. The summed E-state index contributed by atoms with van der Waals surface area (Å²) in [7, 11) is 0. The molecule has 5 heterocycles. The maximum atomic E-state index is 16.0. The van der Waals surface area contributed by atoms with Crippen molar-refractivity contribution in [2.45, 2.75) is 38.5 Å². The predicted octanol–water partition coefficient (Wildman–Crippen LogP) is 1.65. The second-order valence-corrected chi connectivity index (χ2v) is 10.1. The Hall–Kier alpha value is -3.07. The Bertz CT molecular complexity index is 1380. The number of aromatic nitrogens is 3. The number of urea groups is 1. The van der Waals surface area contributed by atoms with Crippen LogP contribution in [-0.2, 0) is 20.7 Å². The molecule has 0 bridgehead atoms. The molecule has 3 aliphatic rings. The van der Waals surface area contributed by atoms with Crippen molar-refractivity contribution in [3.05, 3.63) is 33.4 Å². The lowest BCUT2D eigenvalue weighted by Crippen LogP contribution is -2.75. The van der Waals surface area contributed by atoms with Gasteiger partial charge in [-0.2, -0.15) is 5.10 Å². The SMILES string of the molecule is C[C@@H]1CN2c3c(cc4c(-n5cc(I)cn5)noc4c3F)CC3(C(=O)NC(=O)NC3=O)[C@H]2[C@H](C)O1. The van der Waals surface area contributed by atoms with E-state index in [0.29, 0.717) is 10.9 Å². The van der Waals surface area contributed by atoms with Gasteiger partial charge in [0.05, 0.1) is 39.1 Å². The zero-order valence-corrected chi connectivity index (χ0v) is 20.1. The van der Waals surface area contributed by atoms with E-state index >= 15 is 4.39 Å². The lowest BCUT2D eigenvalue weighted by atomic mass is 9.66. The first kappa shape index (κ1) is 21.5. The van der Waals surface area contributed by atoms with Crippen LogP contribution in [0.5, 0.6) is 0 Å². The number of nitrogens with zero attached hydrogens (tertiary/aromatic N) is 4. The summed E-state index contributed by atoms with van der Waals surface area (Å²) < 4.78 is 29.7. The van der Waals surface area contributed by atoms with E-state index in [1.54, 1.807) is 30.3 Å². The van der Waals surface area contributed by atoms with E-state index in [4.69, 9.17) is 9.26 Å². The molecule has 13 heteroatoms. The van der Waals surface area contributed by atoms with Crippen molar-refractivity contribution in [2.75, 3.05) is 11.4 Å². The van der Waals surface area contributed by atoms with Crippen molar-refractivity contribution >= 4 is 57.1 Å². The molecule has 2 N–H and O–H groups in total. The highest BCUT2D eigenvalue weighted by Gasteiger charge is 2.63. The Balaban J connectivity index is 1.60. The van der Waals surface area contributed by atoms with Gasteiger partial charge < -0.3 is 14.2 Å². The van der Waals surface area contributed by atoms with Crippen LogP contribution in [0.4, 0.5) is 14.9 Å². The van der Waals surface area contributed by atoms with Crippen LogP contribution in [0.25, 0.3) is 16.8 Å². The van der Waals surface area contributed by atoms with E-state index in [0.717, 1.165) is 3.57 Å². The fourth-order valence-electron chi connectivity index (χ4n) is 5.52. The smallest absolute Gasteiger partial charge is 0.328 e. The minimum absolute atomic E-state index is 0.0477. The third kappa shape index (κ3) is 2.79. The first-order valence-corrected chi connectivity index (χ1v) is 11.7. The number of barbiturate groups is 1. The fourth-order valence-corrected chi connectivity index (χ4v) is 5.91. The molecule has 176 valence electrons. The molecular formula is C21H18FIN6O5. The Morgan fingerprint density at radius 1 is 1.24 bits per heavy atom. The third-order valence-corrected chi connectivity index (χ3v) is 7.27. The number of amides is 4. The summed E-state index contributed by atoms with van der Waals surface area (Å²) in [5.74, 6) is -1.83. The van der Waals surface area contributed by atoms with Crippen LogP contribution in [0.3, 0.4) is 0 Å². The van der Waals surface area contributed by atoms with Crippen LogP contribution in [-0.4, -0.2) is 57.6 Å². The van der Waals surface area contributed by atoms with Crippen LogP contribution in [0.2, 0.25) is 0 Å². The Labute approximate surface area is 205 Å². The van der Waals surface area contributed by atoms with Crippen molar-refractivity contribution < 1.29 is 28.0 Å². The number of morpholine rings is 1. The molecule has 1 aromatic carbocycles. The van der Waals surface area contributed by atoms with Crippen LogP contribution < -0.4 is 15.5 Å². The van der Waals surface area contributed by atoms with Gasteiger partial charge in [-0.1, -0.05) is 5.16 Å². The number of benzene rings is 1. The van der Waals surface area contributed by atoms with Gasteiger partial charge >= 0.3 is 6.03 Å². The Morgan fingerprint density at radius 2 is 1.97 bits per heavy atom. The van der Waals surface area contributed by atoms with Gasteiger partial charge in [-0.25, -0.2) is 13.9 Å². The number of nitrogens with one attached hydrogen (secondary N) is 2. The summed E-state index contributed by atoms with van der Waals surface area (Å²) in [6.45, 7) is 3.80. The summed E-state index contributed by atoms with van der Waals surface area (Å²) in [4.78, 5) is 40.1. The number of hydrogen-bond acceptors (Lipinski definition) is 8. The largest absolute Gasteiger partial charge is 0.372 e. The van der Waals surface area contributed by atoms with Gasteiger partial charge in [0.2, 0.25) is 23.2 Å². The first-order valence-electron chi connectivity index (χ1n) is 10.6. The van der Waals surface area contributed by atoms with E-state index in [9.17, 15) is 14.4 Å². The highest BCUT2D eigenvalue weighted by molar-refractivity contribution is 14.1. The zero-order chi connectivity index (χ0) is 23.9. The topological polar surface area (TPSA) is 132 Å². The van der Waals surface area contributed by atoms with Crippen molar-refractivity contribution in [1.29, 1.82) is 0 Å². The van der Waals surface area contributed by atoms with Gasteiger partial charge in [0.15, 0.2) is 11.2 Å². The van der Waals surface area contributed by atoms with Crippen molar-refractivity contribution in [3.63, 3.8) is 0 Å². The molecule has 2 aromatic heterocycles. The summed E-state index contributed by atoms with van der Waals surface area (Å²) in [6.07, 6.45) is 2.31. The van der Waals surface area contributed by atoms with Crippen molar-refractivity contribution in [2.24, 2.45) is 5.41 Å². The number of imide groups is 2. The summed E-state index contributed by atoms with van der Waals surface area (Å²) >= 11 is 2.10. The monoisotopic (exact) mass is 580 g/mol. The maximum absolute atomic E-state index is 16.0. The average molecular weight is 580 g/mol. The Kier molecular flexibility index (Phi) is 4.55. The van der Waals surface area contributed by atoms with Gasteiger partial charge in [-0.05, 0) is 48.1 Å². The van der Waals surface area contributed by atoms with E-state index in [2.05, 4.69) is 43.5 Å². The lowest BCUT2D eigenvalue weighted by molar-refractivity contribution is -0.153. The highest BCUT2D eigenvalue weighted by atomic mass is 127. The van der Waals surface area contributed by atoms with E-state index < -0.39 is 41.2 Å². The molecule has 4 amide bonds. The molecular weight excluding hydrogens is 562 g/mol. The van der Waals surface area contributed by atoms with Gasteiger partial charge in [0.1, 0.15) is 0 Å². The molecule has 0 radical (unpaired) electrons. The third-order valence-electron chi connectivity index (χ3n) is 6.71. The van der Waals surface area contributed by atoms with Crippen LogP contribution in [0, 0.1) is 14.8 Å². The maximum Gasteiger partial charge on any atom is 0.328 e. The minimum Gasteiger partial charge on any atom is -0.372 e. The number of fused-ring (bicyclic) bond motifs is 5.